The second kappa shape index (κ2) is 8.58. The van der Waals surface area contributed by atoms with Crippen LogP contribution in [0.4, 0.5) is 0 Å². The van der Waals surface area contributed by atoms with Crippen LogP contribution >= 0.6 is 51.8 Å². The van der Waals surface area contributed by atoms with Crippen molar-refractivity contribution in [3.63, 3.8) is 0 Å². The van der Waals surface area contributed by atoms with Gasteiger partial charge in [0.15, 0.2) is 5.66 Å². The normalized spacial score (nSPS) is 16.3. The number of aryl methyl sites for hydroxylation is 1. The monoisotopic (exact) mass is 457 g/mol. The zero-order chi connectivity index (χ0) is 17.2. The van der Waals surface area contributed by atoms with Gasteiger partial charge < -0.3 is 11.5 Å². The number of hydrogen-bond donors (Lipinski definition) is 2. The van der Waals surface area contributed by atoms with Crippen LogP contribution in [0.5, 0.6) is 0 Å². The van der Waals surface area contributed by atoms with E-state index in [1.54, 1.807) is 12.1 Å². The number of hydrogen-bond acceptors (Lipinski definition) is 6. The van der Waals surface area contributed by atoms with Crippen LogP contribution in [0.3, 0.4) is 0 Å². The maximum Gasteiger partial charge on any atom is 0.226 e. The topological polar surface area (TPSA) is 89.2 Å². The van der Waals surface area contributed by atoms with Gasteiger partial charge in [0.25, 0.3) is 0 Å². The summed E-state index contributed by atoms with van der Waals surface area (Å²) in [6.45, 7) is 4.07. The van der Waals surface area contributed by atoms with Gasteiger partial charge in [-0.15, -0.1) is 17.0 Å². The van der Waals surface area contributed by atoms with Crippen LogP contribution in [0, 0.1) is 0 Å². The molecule has 10 heteroatoms. The summed E-state index contributed by atoms with van der Waals surface area (Å²) in [5.74, 6) is 0.310. The lowest BCUT2D eigenvalue weighted by Crippen LogP contribution is -2.53. The number of benzene rings is 1. The fraction of sp³-hybridized carbons (Fsp3) is 0.429. The van der Waals surface area contributed by atoms with Gasteiger partial charge in [0.1, 0.15) is 0 Å². The summed E-state index contributed by atoms with van der Waals surface area (Å²) in [6.07, 6.45) is 1.39. The molecule has 4 N–H and O–H groups in total. The van der Waals surface area contributed by atoms with Crippen LogP contribution < -0.4 is 11.5 Å². The van der Waals surface area contributed by atoms with E-state index in [1.165, 1.54) is 5.06 Å². The Morgan fingerprint density at radius 1 is 1.12 bits per heavy atom. The van der Waals surface area contributed by atoms with E-state index >= 15 is 0 Å². The van der Waals surface area contributed by atoms with Gasteiger partial charge in [-0.2, -0.15) is 10.1 Å². The van der Waals surface area contributed by atoms with E-state index in [4.69, 9.17) is 51.1 Å². The molecule has 0 saturated heterocycles. The Hall–Kier alpha value is -0.730. The summed E-state index contributed by atoms with van der Waals surface area (Å²) < 4.78 is 0. The molecule has 0 radical (unpaired) electrons. The summed E-state index contributed by atoms with van der Waals surface area (Å²) in [6, 6.07) is 3.40. The second-order valence-corrected chi connectivity index (χ2v) is 6.74. The molecule has 0 unspecified atom stereocenters. The molecule has 1 heterocycles. The van der Waals surface area contributed by atoms with E-state index in [-0.39, 0.29) is 28.9 Å². The standard InChI is InChI=1S/C14H18Cl3N5O.BrH/c1-14(2)21-12(18)20-13(19)22(14)23-5-3-4-8-6-10(16)11(17)7-9(8)15;/h6-7H,3-5H2,1-2H3,(H4,18,19,20,21);1H. The number of halogens is 4. The Bertz CT molecular complexity index is 666. The molecule has 0 spiro atoms. The van der Waals surface area contributed by atoms with Crippen LogP contribution in [0.15, 0.2) is 22.1 Å². The SMILES string of the molecule is Br.CC1(C)N=C(N)N=C(N)N1OCCCc1cc(Cl)c(Cl)cc1Cl. The van der Waals surface area contributed by atoms with Gasteiger partial charge in [-0.25, -0.2) is 4.99 Å². The van der Waals surface area contributed by atoms with E-state index in [0.29, 0.717) is 34.5 Å². The van der Waals surface area contributed by atoms with Crippen molar-refractivity contribution in [1.82, 2.24) is 5.06 Å². The largest absolute Gasteiger partial charge is 0.368 e. The van der Waals surface area contributed by atoms with Gasteiger partial charge in [0.2, 0.25) is 11.9 Å². The first-order valence-electron chi connectivity index (χ1n) is 6.97. The zero-order valence-corrected chi connectivity index (χ0v) is 17.2. The van der Waals surface area contributed by atoms with E-state index in [1.807, 2.05) is 13.8 Å². The molecule has 0 bridgehead atoms. The highest BCUT2D eigenvalue weighted by atomic mass is 79.9. The van der Waals surface area contributed by atoms with Crippen LogP contribution in [-0.2, 0) is 11.3 Å². The van der Waals surface area contributed by atoms with Gasteiger partial charge >= 0.3 is 0 Å². The van der Waals surface area contributed by atoms with Crippen molar-refractivity contribution in [2.24, 2.45) is 21.5 Å². The second-order valence-electron chi connectivity index (χ2n) is 5.52. The molecule has 24 heavy (non-hydrogen) atoms. The number of hydroxylamine groups is 2. The van der Waals surface area contributed by atoms with Gasteiger partial charge in [-0.1, -0.05) is 34.8 Å². The highest BCUT2D eigenvalue weighted by Crippen LogP contribution is 2.29. The summed E-state index contributed by atoms with van der Waals surface area (Å²) >= 11 is 18.1. The maximum atomic E-state index is 6.15. The molecule has 6 nitrogen and oxygen atoms in total. The third kappa shape index (κ3) is 5.13. The Labute approximate surface area is 166 Å². The van der Waals surface area contributed by atoms with Crippen molar-refractivity contribution in [2.45, 2.75) is 32.4 Å². The van der Waals surface area contributed by atoms with E-state index in [9.17, 15) is 0 Å². The van der Waals surface area contributed by atoms with Crippen molar-refractivity contribution in [1.29, 1.82) is 0 Å². The lowest BCUT2D eigenvalue weighted by molar-refractivity contribution is -0.157. The van der Waals surface area contributed by atoms with Gasteiger partial charge in [-0.3, -0.25) is 4.84 Å². The summed E-state index contributed by atoms with van der Waals surface area (Å²) in [4.78, 5) is 13.8. The average Bonchev–Trinajstić information content (AvgIpc) is 2.41. The molecule has 1 aliphatic heterocycles. The van der Waals surface area contributed by atoms with Crippen LogP contribution in [0.1, 0.15) is 25.8 Å². The third-order valence-corrected chi connectivity index (χ3v) is 4.30. The minimum Gasteiger partial charge on any atom is -0.368 e. The van der Waals surface area contributed by atoms with Crippen molar-refractivity contribution in [2.75, 3.05) is 6.61 Å². The van der Waals surface area contributed by atoms with E-state index < -0.39 is 5.66 Å². The lowest BCUT2D eigenvalue weighted by Gasteiger charge is -2.36. The molecular weight excluding hydrogens is 440 g/mol. The first kappa shape index (κ1) is 21.3. The smallest absolute Gasteiger partial charge is 0.226 e. The molecular formula is C14H19BrCl3N5O. The number of nitrogens with two attached hydrogens (primary N) is 2. The highest BCUT2D eigenvalue weighted by molar-refractivity contribution is 8.93. The molecule has 1 aliphatic rings. The Morgan fingerprint density at radius 2 is 1.75 bits per heavy atom. The van der Waals surface area contributed by atoms with Gasteiger partial charge in [0, 0.05) is 5.02 Å². The van der Waals surface area contributed by atoms with Crippen molar-refractivity contribution >= 4 is 63.7 Å². The number of nitrogens with zero attached hydrogens (tertiary/aromatic N) is 3. The first-order valence-corrected chi connectivity index (χ1v) is 8.10. The summed E-state index contributed by atoms with van der Waals surface area (Å²) in [7, 11) is 0. The molecule has 1 aromatic carbocycles. The Balaban J connectivity index is 0.00000288. The zero-order valence-electron chi connectivity index (χ0n) is 13.2. The summed E-state index contributed by atoms with van der Waals surface area (Å²) in [5.41, 5.74) is 11.6. The van der Waals surface area contributed by atoms with Crippen LogP contribution in [-0.4, -0.2) is 29.3 Å². The quantitative estimate of drug-likeness (QED) is 0.518. The fourth-order valence-corrected chi connectivity index (χ4v) is 2.86. The van der Waals surface area contributed by atoms with Gasteiger partial charge in [-0.05, 0) is 44.4 Å². The van der Waals surface area contributed by atoms with Crippen LogP contribution in [0.2, 0.25) is 15.1 Å². The van der Waals surface area contributed by atoms with Crippen molar-refractivity contribution < 1.29 is 4.84 Å². The van der Waals surface area contributed by atoms with Crippen molar-refractivity contribution in [3.05, 3.63) is 32.8 Å². The summed E-state index contributed by atoms with van der Waals surface area (Å²) in [5, 5.41) is 2.94. The predicted molar refractivity (Wildman–Crippen MR) is 105 cm³/mol. The minimum absolute atomic E-state index is 0. The number of rotatable bonds is 5. The fourth-order valence-electron chi connectivity index (χ4n) is 2.19. The molecule has 0 atom stereocenters. The first-order chi connectivity index (χ1) is 10.7. The lowest BCUT2D eigenvalue weighted by atomic mass is 10.1. The highest BCUT2D eigenvalue weighted by Gasteiger charge is 2.32. The maximum absolute atomic E-state index is 6.15. The van der Waals surface area contributed by atoms with Crippen LogP contribution in [0.25, 0.3) is 0 Å². The number of guanidine groups is 2. The molecule has 1 aromatic rings. The van der Waals surface area contributed by atoms with Gasteiger partial charge in [0.05, 0.1) is 16.7 Å². The average molecular weight is 460 g/mol. The van der Waals surface area contributed by atoms with Crippen molar-refractivity contribution in [3.8, 4) is 0 Å². The molecule has 0 aromatic heterocycles. The molecule has 134 valence electrons. The molecule has 0 amide bonds. The van der Waals surface area contributed by atoms with E-state index in [2.05, 4.69) is 9.98 Å². The predicted octanol–water partition coefficient (Wildman–Crippen LogP) is 3.77. The Kier molecular flexibility index (Phi) is 7.62. The third-order valence-electron chi connectivity index (χ3n) is 3.22. The molecule has 0 fully saturated rings. The Morgan fingerprint density at radius 3 is 2.38 bits per heavy atom. The molecule has 0 saturated carbocycles. The number of aliphatic imine (C=N–C) groups is 2. The molecule has 0 aliphatic carbocycles. The minimum atomic E-state index is -0.711. The van der Waals surface area contributed by atoms with E-state index in [0.717, 1.165) is 5.56 Å². The molecule has 2 rings (SSSR count).